The molecule has 0 amide bonds. The number of rotatable bonds is 5. The van der Waals surface area contributed by atoms with Crippen LogP contribution in [0.25, 0.3) is 78.4 Å². The van der Waals surface area contributed by atoms with Gasteiger partial charge in [-0.05, 0) is 23.3 Å². The fourth-order valence-corrected chi connectivity index (χ4v) is 6.02. The third kappa shape index (κ3) is 5.60. The molecular formula is C43H33N5. The largest absolute Gasteiger partial charge is 0.250 e. The van der Waals surface area contributed by atoms with Gasteiger partial charge in [-0.1, -0.05) is 154 Å². The summed E-state index contributed by atoms with van der Waals surface area (Å²) in [5, 5.41) is 2.14. The number of nitrogens with zero attached hydrogens (tertiary/aromatic N) is 5. The van der Waals surface area contributed by atoms with Gasteiger partial charge in [-0.3, -0.25) is 0 Å². The first kappa shape index (κ1) is 29.3. The van der Waals surface area contributed by atoms with Gasteiger partial charge in [0.1, 0.15) is 0 Å². The summed E-state index contributed by atoms with van der Waals surface area (Å²) < 4.78 is 0. The van der Waals surface area contributed by atoms with E-state index in [9.17, 15) is 0 Å². The lowest BCUT2D eigenvalue weighted by molar-refractivity contribution is 0.571. The number of hydrogen-bond acceptors (Lipinski definition) is 5. The van der Waals surface area contributed by atoms with E-state index in [1.54, 1.807) is 0 Å². The molecule has 0 atom stereocenters. The Balaban J connectivity index is 1.29. The molecule has 5 nitrogen and oxygen atoms in total. The highest BCUT2D eigenvalue weighted by atomic mass is 15.0. The van der Waals surface area contributed by atoms with Crippen LogP contribution in [0.4, 0.5) is 0 Å². The first-order valence-corrected chi connectivity index (χ1v) is 16.2. The predicted molar refractivity (Wildman–Crippen MR) is 196 cm³/mol. The van der Waals surface area contributed by atoms with E-state index in [0.29, 0.717) is 17.5 Å². The van der Waals surface area contributed by atoms with Gasteiger partial charge in [0, 0.05) is 44.1 Å². The summed E-state index contributed by atoms with van der Waals surface area (Å²) in [6.07, 6.45) is 0. The molecule has 0 saturated heterocycles. The Kier molecular flexibility index (Phi) is 7.30. The van der Waals surface area contributed by atoms with E-state index in [2.05, 4.69) is 99.6 Å². The van der Waals surface area contributed by atoms with Crippen LogP contribution in [0.1, 0.15) is 26.5 Å². The minimum atomic E-state index is -0.0815. The Morgan fingerprint density at radius 1 is 0.396 bits per heavy atom. The van der Waals surface area contributed by atoms with E-state index in [1.807, 2.05) is 66.7 Å². The van der Waals surface area contributed by atoms with Crippen LogP contribution in [-0.4, -0.2) is 24.9 Å². The topological polar surface area (TPSA) is 64.5 Å². The lowest BCUT2D eigenvalue weighted by Gasteiger charge is -2.19. The molecule has 0 N–H and O–H groups in total. The summed E-state index contributed by atoms with van der Waals surface area (Å²) in [4.78, 5) is 25.1. The summed E-state index contributed by atoms with van der Waals surface area (Å²) in [5.74, 6) is 1.92. The predicted octanol–water partition coefficient (Wildman–Crippen LogP) is 10.6. The van der Waals surface area contributed by atoms with Crippen LogP contribution >= 0.6 is 0 Å². The van der Waals surface area contributed by atoms with Gasteiger partial charge in [0.25, 0.3) is 0 Å². The zero-order valence-corrected chi connectivity index (χ0v) is 27.1. The quantitative estimate of drug-likeness (QED) is 0.179. The van der Waals surface area contributed by atoms with Crippen molar-refractivity contribution in [2.75, 3.05) is 0 Å². The van der Waals surface area contributed by atoms with Crippen molar-refractivity contribution >= 4 is 21.8 Å². The van der Waals surface area contributed by atoms with Gasteiger partial charge < -0.3 is 0 Å². The molecule has 0 aliphatic heterocycles. The summed E-state index contributed by atoms with van der Waals surface area (Å²) in [5.41, 5.74) is 9.74. The first-order chi connectivity index (χ1) is 23.4. The Morgan fingerprint density at radius 3 is 1.42 bits per heavy atom. The number of fused-ring (bicyclic) bond motifs is 3. The number of aromatic nitrogens is 5. The average Bonchev–Trinajstić information content (AvgIpc) is 3.14. The maximum atomic E-state index is 5.24. The van der Waals surface area contributed by atoms with Crippen molar-refractivity contribution in [1.82, 2.24) is 24.9 Å². The molecule has 48 heavy (non-hydrogen) atoms. The monoisotopic (exact) mass is 619 g/mol. The van der Waals surface area contributed by atoms with Crippen LogP contribution < -0.4 is 0 Å². The molecule has 0 saturated carbocycles. The highest BCUT2D eigenvalue weighted by molar-refractivity contribution is 6.09. The second-order valence-electron chi connectivity index (χ2n) is 13.0. The molecule has 0 radical (unpaired) electrons. The van der Waals surface area contributed by atoms with E-state index in [4.69, 9.17) is 24.9 Å². The van der Waals surface area contributed by atoms with Crippen LogP contribution in [0.5, 0.6) is 0 Å². The maximum absolute atomic E-state index is 5.24. The second kappa shape index (κ2) is 11.9. The van der Waals surface area contributed by atoms with Gasteiger partial charge in [-0.2, -0.15) is 0 Å². The van der Waals surface area contributed by atoms with E-state index >= 15 is 0 Å². The van der Waals surface area contributed by atoms with Crippen molar-refractivity contribution in [2.45, 2.75) is 26.2 Å². The third-order valence-corrected chi connectivity index (χ3v) is 8.63. The van der Waals surface area contributed by atoms with Crippen LogP contribution in [0.15, 0.2) is 146 Å². The highest BCUT2D eigenvalue weighted by Crippen LogP contribution is 2.37. The van der Waals surface area contributed by atoms with Crippen molar-refractivity contribution in [3.8, 4) is 56.5 Å². The standard InChI is InChI=1S/C43H33N5/c1-43(2,3)37-26-24-30-23-25-34-35(27-36(29-13-7-4-8-14-29)44-39(34)38(30)45-37)28-19-21-33(22-20-28)42-47-40(31-15-9-5-10-16-31)46-41(48-42)32-17-11-6-12-18-32/h4-27H,1-3H3. The molecule has 0 spiro atoms. The average molecular weight is 620 g/mol. The molecular weight excluding hydrogens is 587 g/mol. The minimum absolute atomic E-state index is 0.0815. The third-order valence-electron chi connectivity index (χ3n) is 8.63. The van der Waals surface area contributed by atoms with Gasteiger partial charge in [0.05, 0.1) is 16.7 Å². The van der Waals surface area contributed by atoms with Gasteiger partial charge in [0.15, 0.2) is 17.5 Å². The lowest BCUT2D eigenvalue weighted by Crippen LogP contribution is -2.13. The molecule has 3 heterocycles. The number of hydrogen-bond donors (Lipinski definition) is 0. The molecule has 0 unspecified atom stereocenters. The molecule has 8 rings (SSSR count). The summed E-state index contributed by atoms with van der Waals surface area (Å²) in [6.45, 7) is 6.58. The Bertz CT molecular complexity index is 2340. The van der Waals surface area contributed by atoms with E-state index in [0.717, 1.165) is 66.6 Å². The fourth-order valence-electron chi connectivity index (χ4n) is 6.02. The van der Waals surface area contributed by atoms with Crippen LogP contribution in [0.3, 0.4) is 0 Å². The Morgan fingerprint density at radius 2 is 0.875 bits per heavy atom. The molecule has 3 aromatic heterocycles. The molecule has 0 fully saturated rings. The van der Waals surface area contributed by atoms with Gasteiger partial charge in [-0.25, -0.2) is 24.9 Å². The normalized spacial score (nSPS) is 11.6. The zero-order valence-electron chi connectivity index (χ0n) is 27.1. The lowest BCUT2D eigenvalue weighted by atomic mass is 9.91. The molecule has 0 aliphatic rings. The smallest absolute Gasteiger partial charge is 0.164 e. The van der Waals surface area contributed by atoms with Crippen molar-refractivity contribution in [1.29, 1.82) is 0 Å². The molecule has 0 aliphatic carbocycles. The second-order valence-corrected chi connectivity index (χ2v) is 13.0. The van der Waals surface area contributed by atoms with Crippen molar-refractivity contribution in [3.63, 3.8) is 0 Å². The van der Waals surface area contributed by atoms with Crippen molar-refractivity contribution in [3.05, 3.63) is 151 Å². The van der Waals surface area contributed by atoms with Gasteiger partial charge in [0.2, 0.25) is 0 Å². The Labute approximate surface area is 280 Å². The van der Waals surface area contributed by atoms with Gasteiger partial charge in [-0.15, -0.1) is 0 Å². The van der Waals surface area contributed by atoms with Crippen LogP contribution in [0.2, 0.25) is 0 Å². The van der Waals surface area contributed by atoms with Crippen LogP contribution in [0, 0.1) is 0 Å². The first-order valence-electron chi connectivity index (χ1n) is 16.2. The molecule has 5 heteroatoms. The van der Waals surface area contributed by atoms with E-state index in [1.165, 1.54) is 0 Å². The number of benzene rings is 5. The van der Waals surface area contributed by atoms with E-state index < -0.39 is 0 Å². The molecule has 8 aromatic rings. The zero-order chi connectivity index (χ0) is 32.7. The SMILES string of the molecule is CC(C)(C)c1ccc2ccc3c(-c4ccc(-c5nc(-c6ccccc6)nc(-c6ccccc6)n5)cc4)cc(-c4ccccc4)nc3c2n1. The highest BCUT2D eigenvalue weighted by Gasteiger charge is 2.19. The van der Waals surface area contributed by atoms with Crippen molar-refractivity contribution in [2.24, 2.45) is 0 Å². The molecule has 0 bridgehead atoms. The number of pyridine rings is 2. The molecule has 5 aromatic carbocycles. The van der Waals surface area contributed by atoms with E-state index in [-0.39, 0.29) is 5.41 Å². The summed E-state index contributed by atoms with van der Waals surface area (Å²) in [7, 11) is 0. The Hall–Kier alpha value is -6.07. The summed E-state index contributed by atoms with van der Waals surface area (Å²) in [6, 6.07) is 49.8. The molecule has 230 valence electrons. The van der Waals surface area contributed by atoms with Crippen LogP contribution in [-0.2, 0) is 5.41 Å². The van der Waals surface area contributed by atoms with Crippen molar-refractivity contribution < 1.29 is 0 Å². The van der Waals surface area contributed by atoms with Gasteiger partial charge >= 0.3 is 0 Å². The fraction of sp³-hybridized carbons (Fsp3) is 0.0930. The minimum Gasteiger partial charge on any atom is -0.250 e. The maximum Gasteiger partial charge on any atom is 0.164 e. The summed E-state index contributed by atoms with van der Waals surface area (Å²) >= 11 is 0.